The van der Waals surface area contributed by atoms with Crippen LogP contribution in [0.2, 0.25) is 5.02 Å². The lowest BCUT2D eigenvalue weighted by Crippen LogP contribution is -2.15. The Hall–Kier alpha value is -3.30. The third-order valence-corrected chi connectivity index (χ3v) is 5.60. The molecule has 0 spiro atoms. The average molecular weight is 434 g/mol. The summed E-state index contributed by atoms with van der Waals surface area (Å²) in [5, 5.41) is 14.6. The quantitative estimate of drug-likeness (QED) is 0.409. The molecule has 0 saturated heterocycles. The maximum Gasteiger partial charge on any atom is 0.270 e. The molecule has 0 bridgehead atoms. The van der Waals surface area contributed by atoms with Gasteiger partial charge in [0, 0.05) is 28.5 Å². The van der Waals surface area contributed by atoms with Crippen molar-refractivity contribution in [2.75, 3.05) is 17.1 Å². The van der Waals surface area contributed by atoms with Crippen molar-refractivity contribution < 1.29 is 18.1 Å². The number of anilines is 3. The van der Waals surface area contributed by atoms with Crippen LogP contribution in [0.5, 0.6) is 5.75 Å². The fraction of sp³-hybridized carbons (Fsp3) is 0.0526. The molecular weight excluding hydrogens is 418 g/mol. The SMILES string of the molecule is COc1ccc(Nc2ccc([N+](=O)[O-])cc2S(=O)(=O)Nc2ccc(Cl)cc2)cc1. The molecule has 0 saturated carbocycles. The van der Waals surface area contributed by atoms with E-state index in [1.807, 2.05) is 0 Å². The molecule has 0 aliphatic rings. The smallest absolute Gasteiger partial charge is 0.270 e. The molecule has 0 atom stereocenters. The molecule has 0 aromatic heterocycles. The number of non-ortho nitro benzene ring substituents is 1. The van der Waals surface area contributed by atoms with Gasteiger partial charge >= 0.3 is 0 Å². The molecule has 2 N–H and O–H groups in total. The lowest BCUT2D eigenvalue weighted by Gasteiger charge is -2.14. The molecule has 29 heavy (non-hydrogen) atoms. The first-order valence-corrected chi connectivity index (χ1v) is 10.1. The number of nitro groups is 1. The van der Waals surface area contributed by atoms with Gasteiger partial charge in [-0.3, -0.25) is 14.8 Å². The van der Waals surface area contributed by atoms with Crippen LogP contribution in [0.3, 0.4) is 0 Å². The molecule has 10 heteroatoms. The standard InChI is InChI=1S/C19H16ClN3O5S/c1-28-17-9-6-14(7-10-17)21-18-11-8-16(23(24)25)12-19(18)29(26,27)22-15-4-2-13(20)3-5-15/h2-12,21-22H,1H3. The largest absolute Gasteiger partial charge is 0.497 e. The molecule has 0 heterocycles. The second-order valence-electron chi connectivity index (χ2n) is 5.90. The predicted molar refractivity (Wildman–Crippen MR) is 112 cm³/mol. The number of nitrogens with zero attached hydrogens (tertiary/aromatic N) is 1. The molecule has 3 aromatic rings. The van der Waals surface area contributed by atoms with Crippen LogP contribution in [-0.4, -0.2) is 20.5 Å². The minimum atomic E-state index is -4.13. The highest BCUT2D eigenvalue weighted by atomic mass is 35.5. The van der Waals surface area contributed by atoms with E-state index in [1.165, 1.54) is 43.5 Å². The molecule has 0 aliphatic carbocycles. The second-order valence-corrected chi connectivity index (χ2v) is 7.99. The first kappa shape index (κ1) is 20.4. The third-order valence-electron chi connectivity index (χ3n) is 3.93. The summed E-state index contributed by atoms with van der Waals surface area (Å²) in [7, 11) is -2.60. The first-order valence-electron chi connectivity index (χ1n) is 8.26. The van der Waals surface area contributed by atoms with E-state index in [4.69, 9.17) is 16.3 Å². The van der Waals surface area contributed by atoms with Crippen molar-refractivity contribution in [3.63, 3.8) is 0 Å². The monoisotopic (exact) mass is 433 g/mol. The van der Waals surface area contributed by atoms with E-state index in [1.54, 1.807) is 24.3 Å². The van der Waals surface area contributed by atoms with Gasteiger partial charge in [-0.2, -0.15) is 0 Å². The number of nitro benzene ring substituents is 1. The molecule has 8 nitrogen and oxygen atoms in total. The predicted octanol–water partition coefficient (Wildman–Crippen LogP) is 4.80. The number of ether oxygens (including phenoxy) is 1. The number of nitrogens with one attached hydrogen (secondary N) is 2. The van der Waals surface area contributed by atoms with E-state index >= 15 is 0 Å². The Labute approximate surface area is 172 Å². The molecule has 0 amide bonds. The Morgan fingerprint density at radius 3 is 2.17 bits per heavy atom. The van der Waals surface area contributed by atoms with Crippen LogP contribution in [-0.2, 0) is 10.0 Å². The van der Waals surface area contributed by atoms with E-state index in [-0.39, 0.29) is 22.0 Å². The summed E-state index contributed by atoms with van der Waals surface area (Å²) in [4.78, 5) is 10.2. The van der Waals surface area contributed by atoms with Gasteiger partial charge < -0.3 is 10.1 Å². The van der Waals surface area contributed by atoms with Crippen LogP contribution < -0.4 is 14.8 Å². The first-order chi connectivity index (χ1) is 13.8. The van der Waals surface area contributed by atoms with E-state index < -0.39 is 14.9 Å². The van der Waals surface area contributed by atoms with E-state index in [2.05, 4.69) is 10.0 Å². The number of hydrogen-bond acceptors (Lipinski definition) is 6. The van der Waals surface area contributed by atoms with Crippen molar-refractivity contribution in [2.45, 2.75) is 4.90 Å². The van der Waals surface area contributed by atoms with Gasteiger partial charge in [0.2, 0.25) is 0 Å². The summed E-state index contributed by atoms with van der Waals surface area (Å²) in [5.74, 6) is 0.636. The van der Waals surface area contributed by atoms with Gasteiger partial charge in [0.15, 0.2) is 0 Å². The van der Waals surface area contributed by atoms with Gasteiger partial charge in [0.1, 0.15) is 10.6 Å². The number of methoxy groups -OCH3 is 1. The molecular formula is C19H16ClN3O5S. The topological polar surface area (TPSA) is 111 Å². The van der Waals surface area contributed by atoms with Gasteiger partial charge in [-0.15, -0.1) is 0 Å². The van der Waals surface area contributed by atoms with Gasteiger partial charge in [-0.25, -0.2) is 8.42 Å². The van der Waals surface area contributed by atoms with Crippen LogP contribution in [0.25, 0.3) is 0 Å². The van der Waals surface area contributed by atoms with Crippen LogP contribution in [0.15, 0.2) is 71.6 Å². The normalized spacial score (nSPS) is 11.0. The Morgan fingerprint density at radius 2 is 1.59 bits per heavy atom. The zero-order valence-corrected chi connectivity index (χ0v) is 16.7. The van der Waals surface area contributed by atoms with Crippen LogP contribution >= 0.6 is 11.6 Å². The van der Waals surface area contributed by atoms with Crippen molar-refractivity contribution in [3.05, 3.63) is 81.9 Å². The van der Waals surface area contributed by atoms with Crippen molar-refractivity contribution in [1.82, 2.24) is 0 Å². The number of hydrogen-bond donors (Lipinski definition) is 2. The van der Waals surface area contributed by atoms with E-state index in [0.29, 0.717) is 16.5 Å². The molecule has 0 radical (unpaired) electrons. The second kappa shape index (κ2) is 8.38. The number of sulfonamides is 1. The third kappa shape index (κ3) is 4.95. The minimum absolute atomic E-state index is 0.183. The highest BCUT2D eigenvalue weighted by Gasteiger charge is 2.23. The summed E-state index contributed by atoms with van der Waals surface area (Å²) in [6.45, 7) is 0. The molecule has 3 aromatic carbocycles. The highest BCUT2D eigenvalue weighted by molar-refractivity contribution is 7.92. The zero-order valence-electron chi connectivity index (χ0n) is 15.1. The summed E-state index contributed by atoms with van der Waals surface area (Å²) in [6.07, 6.45) is 0. The maximum atomic E-state index is 12.9. The summed E-state index contributed by atoms with van der Waals surface area (Å²) in [6, 6.07) is 16.4. The van der Waals surface area contributed by atoms with Crippen molar-refractivity contribution in [2.24, 2.45) is 0 Å². The Morgan fingerprint density at radius 1 is 0.966 bits per heavy atom. The van der Waals surface area contributed by atoms with E-state index in [0.717, 1.165) is 6.07 Å². The lowest BCUT2D eigenvalue weighted by atomic mass is 10.2. The number of rotatable bonds is 7. The Kier molecular flexibility index (Phi) is 5.90. The van der Waals surface area contributed by atoms with Gasteiger partial charge in [-0.05, 0) is 54.6 Å². The zero-order chi connectivity index (χ0) is 21.0. The van der Waals surface area contributed by atoms with Crippen molar-refractivity contribution in [1.29, 1.82) is 0 Å². The maximum absolute atomic E-state index is 12.9. The fourth-order valence-corrected chi connectivity index (χ4v) is 3.87. The Balaban J connectivity index is 2.00. The molecule has 0 aliphatic heterocycles. The summed E-state index contributed by atoms with van der Waals surface area (Å²) in [5.41, 5.74) is 0.697. The minimum Gasteiger partial charge on any atom is -0.497 e. The van der Waals surface area contributed by atoms with Crippen molar-refractivity contribution >= 4 is 44.4 Å². The lowest BCUT2D eigenvalue weighted by molar-refractivity contribution is -0.385. The van der Waals surface area contributed by atoms with Gasteiger partial charge in [0.05, 0.1) is 17.7 Å². The Bertz CT molecular complexity index is 1130. The average Bonchev–Trinajstić information content (AvgIpc) is 2.70. The molecule has 0 fully saturated rings. The van der Waals surface area contributed by atoms with Gasteiger partial charge in [-0.1, -0.05) is 11.6 Å². The fourth-order valence-electron chi connectivity index (χ4n) is 2.51. The van der Waals surface area contributed by atoms with Gasteiger partial charge in [0.25, 0.3) is 15.7 Å². The number of halogens is 1. The van der Waals surface area contributed by atoms with Crippen LogP contribution in [0, 0.1) is 10.1 Å². The summed E-state index contributed by atoms with van der Waals surface area (Å²) < 4.78 is 33.4. The number of benzene rings is 3. The van der Waals surface area contributed by atoms with Crippen molar-refractivity contribution in [3.8, 4) is 5.75 Å². The highest BCUT2D eigenvalue weighted by Crippen LogP contribution is 2.31. The van der Waals surface area contributed by atoms with Crippen LogP contribution in [0.4, 0.5) is 22.7 Å². The summed E-state index contributed by atoms with van der Waals surface area (Å²) >= 11 is 5.82. The van der Waals surface area contributed by atoms with Crippen LogP contribution in [0.1, 0.15) is 0 Å². The molecule has 3 rings (SSSR count). The van der Waals surface area contributed by atoms with E-state index in [9.17, 15) is 18.5 Å². The molecule has 150 valence electrons. The molecule has 0 unspecified atom stereocenters.